The number of rotatable bonds is 4. The number of aliphatic hydroxyl groups is 2. The van der Waals surface area contributed by atoms with E-state index in [1.165, 1.54) is 0 Å². The lowest BCUT2D eigenvalue weighted by Gasteiger charge is -2.63. The van der Waals surface area contributed by atoms with Gasteiger partial charge in [0.05, 0.1) is 17.8 Å². The van der Waals surface area contributed by atoms with Gasteiger partial charge in [0, 0.05) is 24.7 Å². The molecule has 5 rings (SSSR count). The first-order chi connectivity index (χ1) is 14.5. The van der Waals surface area contributed by atoms with Gasteiger partial charge in [0.25, 0.3) is 0 Å². The Labute approximate surface area is 186 Å². The monoisotopic (exact) mass is 432 g/mol. The van der Waals surface area contributed by atoms with E-state index in [1.54, 1.807) is 0 Å². The van der Waals surface area contributed by atoms with Crippen molar-refractivity contribution in [3.63, 3.8) is 0 Å². The maximum Gasteiger partial charge on any atom is 0.305 e. The molecule has 5 aliphatic rings. The van der Waals surface area contributed by atoms with Crippen LogP contribution < -0.4 is 0 Å². The molecule has 0 aromatic carbocycles. The van der Waals surface area contributed by atoms with Gasteiger partial charge in [-0.25, -0.2) is 0 Å². The Bertz CT molecular complexity index is 795. The van der Waals surface area contributed by atoms with E-state index in [1.807, 2.05) is 6.92 Å². The molecular formula is C26H40O5. The maximum absolute atomic E-state index is 12.3. The van der Waals surface area contributed by atoms with Gasteiger partial charge in [-0.15, -0.1) is 0 Å². The molecule has 5 aliphatic carbocycles. The van der Waals surface area contributed by atoms with Crippen LogP contribution in [0.25, 0.3) is 0 Å². The molecule has 5 nitrogen and oxygen atoms in total. The van der Waals surface area contributed by atoms with Crippen LogP contribution >= 0.6 is 0 Å². The zero-order chi connectivity index (χ0) is 22.4. The minimum absolute atomic E-state index is 0.198. The van der Waals surface area contributed by atoms with Gasteiger partial charge in [0.1, 0.15) is 5.78 Å². The molecule has 0 amide bonds. The summed E-state index contributed by atoms with van der Waals surface area (Å²) in [6.45, 7) is 9.02. The lowest BCUT2D eigenvalue weighted by atomic mass is 9.42. The molecule has 0 radical (unpaired) electrons. The molecule has 0 spiro atoms. The summed E-state index contributed by atoms with van der Waals surface area (Å²) in [5.41, 5.74) is -2.07. The average molecular weight is 433 g/mol. The number of ketones is 1. The second kappa shape index (κ2) is 6.79. The molecule has 0 aromatic heterocycles. The Morgan fingerprint density at radius 2 is 1.90 bits per heavy atom. The van der Waals surface area contributed by atoms with Gasteiger partial charge >= 0.3 is 5.97 Å². The van der Waals surface area contributed by atoms with E-state index in [2.05, 4.69) is 20.8 Å². The van der Waals surface area contributed by atoms with Gasteiger partial charge in [-0.2, -0.15) is 0 Å². The fourth-order valence-electron chi connectivity index (χ4n) is 9.63. The highest BCUT2D eigenvalue weighted by Gasteiger charge is 2.76. The minimum atomic E-state index is -0.837. The van der Waals surface area contributed by atoms with Crippen LogP contribution in [0.1, 0.15) is 85.5 Å². The van der Waals surface area contributed by atoms with Crippen LogP contribution in [0, 0.1) is 46.3 Å². The fraction of sp³-hybridized carbons (Fsp3) is 0.923. The van der Waals surface area contributed by atoms with Crippen molar-refractivity contribution in [2.24, 2.45) is 46.3 Å². The number of esters is 1. The smallest absolute Gasteiger partial charge is 0.305 e. The lowest BCUT2D eigenvalue weighted by molar-refractivity contribution is -0.220. The van der Waals surface area contributed by atoms with Gasteiger partial charge in [-0.3, -0.25) is 9.59 Å². The third kappa shape index (κ3) is 2.74. The zero-order valence-corrected chi connectivity index (χ0v) is 19.7. The Morgan fingerprint density at radius 1 is 1.16 bits per heavy atom. The second-order valence-corrected chi connectivity index (χ2v) is 12.2. The normalized spacial score (nSPS) is 55.0. The van der Waals surface area contributed by atoms with Crippen molar-refractivity contribution < 1.29 is 24.5 Å². The van der Waals surface area contributed by atoms with Crippen molar-refractivity contribution in [3.05, 3.63) is 0 Å². The van der Waals surface area contributed by atoms with E-state index in [0.29, 0.717) is 55.5 Å². The number of hydrogen-bond donors (Lipinski definition) is 2. The topological polar surface area (TPSA) is 83.8 Å². The Balaban J connectivity index is 1.45. The standard InChI is InChI=1S/C26H40O5/c1-5-31-20(28)8-11-25(29)13-15(2)22-21-17-12-19(17)26(30)14-16(27)6-9-23(26,3)18(21)7-10-24(22,25)4/h15,17-19,21-22,29-30H,5-14H2,1-4H3. The quantitative estimate of drug-likeness (QED) is 0.659. The van der Waals surface area contributed by atoms with Crippen LogP contribution in [0.5, 0.6) is 0 Å². The van der Waals surface area contributed by atoms with E-state index in [0.717, 1.165) is 32.1 Å². The number of Topliss-reactive ketones (excluding diaryl/α,β-unsaturated/α-hetero) is 1. The molecule has 10 unspecified atom stereocenters. The molecular weight excluding hydrogens is 392 g/mol. The molecule has 0 bridgehead atoms. The van der Waals surface area contributed by atoms with E-state index in [4.69, 9.17) is 4.74 Å². The molecule has 5 heteroatoms. The van der Waals surface area contributed by atoms with Crippen molar-refractivity contribution in [2.75, 3.05) is 6.61 Å². The van der Waals surface area contributed by atoms with E-state index < -0.39 is 11.2 Å². The van der Waals surface area contributed by atoms with Crippen molar-refractivity contribution in [1.29, 1.82) is 0 Å². The number of carbonyl (C=O) groups excluding carboxylic acids is 2. The molecule has 0 aromatic rings. The second-order valence-electron chi connectivity index (χ2n) is 12.2. The highest BCUT2D eigenvalue weighted by Crippen LogP contribution is 2.77. The molecule has 174 valence electrons. The van der Waals surface area contributed by atoms with Crippen LogP contribution in [0.3, 0.4) is 0 Å². The highest BCUT2D eigenvalue weighted by atomic mass is 16.5. The molecule has 0 heterocycles. The number of fused-ring (bicyclic) bond motifs is 8. The predicted octanol–water partition coefficient (Wildman–Crippen LogP) is 3.89. The molecule has 5 saturated carbocycles. The summed E-state index contributed by atoms with van der Waals surface area (Å²) in [4.78, 5) is 24.4. The molecule has 10 atom stereocenters. The molecule has 5 fully saturated rings. The van der Waals surface area contributed by atoms with Gasteiger partial charge in [-0.05, 0) is 86.4 Å². The molecule has 0 aliphatic heterocycles. The largest absolute Gasteiger partial charge is 0.466 e. The summed E-state index contributed by atoms with van der Waals surface area (Å²) in [7, 11) is 0. The molecule has 2 N–H and O–H groups in total. The van der Waals surface area contributed by atoms with Crippen LogP contribution in [0.2, 0.25) is 0 Å². The van der Waals surface area contributed by atoms with Crippen molar-refractivity contribution in [2.45, 2.75) is 96.7 Å². The summed E-state index contributed by atoms with van der Waals surface area (Å²) in [6.07, 6.45) is 6.20. The van der Waals surface area contributed by atoms with Gasteiger partial charge < -0.3 is 14.9 Å². The first kappa shape index (κ1) is 21.9. The predicted molar refractivity (Wildman–Crippen MR) is 116 cm³/mol. The SMILES string of the molecule is CCOC(=O)CCC1(O)CC(C)C2C3C4CC4C4(O)CC(=O)CCC4(C)C3CCC21C. The maximum atomic E-state index is 12.3. The van der Waals surface area contributed by atoms with Crippen LogP contribution in [0.4, 0.5) is 0 Å². The summed E-state index contributed by atoms with van der Waals surface area (Å²) in [6, 6.07) is 0. The Kier molecular flexibility index (Phi) is 4.79. The number of ether oxygens (including phenoxy) is 1. The third-order valence-electron chi connectivity index (χ3n) is 11.1. The molecule has 0 saturated heterocycles. The lowest BCUT2D eigenvalue weighted by Crippen LogP contribution is -2.64. The van der Waals surface area contributed by atoms with Crippen LogP contribution in [-0.4, -0.2) is 39.8 Å². The van der Waals surface area contributed by atoms with E-state index in [-0.39, 0.29) is 34.9 Å². The summed E-state index contributed by atoms with van der Waals surface area (Å²) in [5.74, 6) is 2.47. The third-order valence-corrected chi connectivity index (χ3v) is 11.1. The zero-order valence-electron chi connectivity index (χ0n) is 19.7. The first-order valence-electron chi connectivity index (χ1n) is 12.6. The number of hydrogen-bond acceptors (Lipinski definition) is 5. The van der Waals surface area contributed by atoms with Crippen molar-refractivity contribution >= 4 is 11.8 Å². The Morgan fingerprint density at radius 3 is 2.61 bits per heavy atom. The highest BCUT2D eigenvalue weighted by molar-refractivity contribution is 5.81. The van der Waals surface area contributed by atoms with Crippen molar-refractivity contribution in [1.82, 2.24) is 0 Å². The van der Waals surface area contributed by atoms with E-state index >= 15 is 0 Å². The van der Waals surface area contributed by atoms with Gasteiger partial charge in [-0.1, -0.05) is 20.8 Å². The Hall–Kier alpha value is -0.940. The minimum Gasteiger partial charge on any atom is -0.466 e. The van der Waals surface area contributed by atoms with Gasteiger partial charge in [0.2, 0.25) is 0 Å². The fourth-order valence-corrected chi connectivity index (χ4v) is 9.63. The summed E-state index contributed by atoms with van der Waals surface area (Å²) >= 11 is 0. The first-order valence-corrected chi connectivity index (χ1v) is 12.6. The van der Waals surface area contributed by atoms with Crippen LogP contribution in [0.15, 0.2) is 0 Å². The average Bonchev–Trinajstić information content (AvgIpc) is 3.47. The van der Waals surface area contributed by atoms with Crippen LogP contribution in [-0.2, 0) is 14.3 Å². The molecule has 31 heavy (non-hydrogen) atoms. The summed E-state index contributed by atoms with van der Waals surface area (Å²) < 4.78 is 5.14. The van der Waals surface area contributed by atoms with E-state index in [9.17, 15) is 19.8 Å². The van der Waals surface area contributed by atoms with Gasteiger partial charge in [0.15, 0.2) is 0 Å². The summed E-state index contributed by atoms with van der Waals surface area (Å²) in [5, 5.41) is 23.7. The number of carbonyl (C=O) groups is 2. The van der Waals surface area contributed by atoms with Crippen molar-refractivity contribution in [3.8, 4) is 0 Å².